The normalized spacial score (nSPS) is 17.4. The first kappa shape index (κ1) is 18.4. The van der Waals surface area contributed by atoms with Gasteiger partial charge in [0, 0.05) is 23.0 Å². The third-order valence-corrected chi connectivity index (χ3v) is 5.04. The van der Waals surface area contributed by atoms with Gasteiger partial charge >= 0.3 is 0 Å². The predicted octanol–water partition coefficient (Wildman–Crippen LogP) is 4.31. The fourth-order valence-electron chi connectivity index (χ4n) is 3.47. The van der Waals surface area contributed by atoms with Crippen LogP contribution < -0.4 is 10.7 Å². The van der Waals surface area contributed by atoms with Crippen LogP contribution in [-0.2, 0) is 0 Å². The molecule has 3 rings (SSSR count). The van der Waals surface area contributed by atoms with Gasteiger partial charge in [0.15, 0.2) is 0 Å². The van der Waals surface area contributed by atoms with E-state index in [0.29, 0.717) is 11.1 Å². The second kappa shape index (κ2) is 9.32. The van der Waals surface area contributed by atoms with Crippen molar-refractivity contribution < 1.29 is 9.59 Å². The minimum absolute atomic E-state index is 0.184. The summed E-state index contributed by atoms with van der Waals surface area (Å²) >= 11 is 0. The maximum atomic E-state index is 12.4. The number of nitrogens with one attached hydrogen (secondary N) is 2. The third kappa shape index (κ3) is 5.28. The van der Waals surface area contributed by atoms with Crippen molar-refractivity contribution in [2.24, 2.45) is 5.10 Å². The lowest BCUT2D eigenvalue weighted by Crippen LogP contribution is -2.22. The summed E-state index contributed by atoms with van der Waals surface area (Å²) in [5.74, 6) is -0.459. The predicted molar refractivity (Wildman–Crippen MR) is 103 cm³/mol. The summed E-state index contributed by atoms with van der Waals surface area (Å²) in [5, 5.41) is 7.10. The molecule has 2 N–H and O–H groups in total. The van der Waals surface area contributed by atoms with Crippen molar-refractivity contribution in [3.8, 4) is 0 Å². The molecule has 0 aromatic heterocycles. The molecule has 0 unspecified atom stereocenters. The van der Waals surface area contributed by atoms with Crippen molar-refractivity contribution in [2.45, 2.75) is 64.2 Å². The van der Waals surface area contributed by atoms with E-state index in [1.807, 2.05) is 6.20 Å². The molecule has 0 saturated heterocycles. The van der Waals surface area contributed by atoms with E-state index in [1.165, 1.54) is 31.3 Å². The monoisotopic (exact) mass is 353 g/mol. The maximum absolute atomic E-state index is 12.4. The molecule has 5 nitrogen and oxygen atoms in total. The fraction of sp³-hybridized carbons (Fsp3) is 0.476. The topological polar surface area (TPSA) is 70.6 Å². The SMILES string of the molecule is O=C(NC=C1CCCCC1)c1cccc(C(=O)NN=C2CCCCC2)c1. The lowest BCUT2D eigenvalue weighted by molar-refractivity contribution is 0.0954. The van der Waals surface area contributed by atoms with E-state index in [4.69, 9.17) is 0 Å². The van der Waals surface area contributed by atoms with Crippen LogP contribution in [0.3, 0.4) is 0 Å². The van der Waals surface area contributed by atoms with Crippen LogP contribution in [0.25, 0.3) is 0 Å². The van der Waals surface area contributed by atoms with E-state index < -0.39 is 0 Å². The third-order valence-electron chi connectivity index (χ3n) is 5.04. The van der Waals surface area contributed by atoms with Gasteiger partial charge in [0.05, 0.1) is 0 Å². The van der Waals surface area contributed by atoms with E-state index in [1.54, 1.807) is 24.3 Å². The van der Waals surface area contributed by atoms with Gasteiger partial charge in [-0.3, -0.25) is 9.59 Å². The lowest BCUT2D eigenvalue weighted by Gasteiger charge is -2.13. The smallest absolute Gasteiger partial charge is 0.271 e. The van der Waals surface area contributed by atoms with Gasteiger partial charge in [0.1, 0.15) is 0 Å². The zero-order valence-electron chi connectivity index (χ0n) is 15.2. The van der Waals surface area contributed by atoms with Gasteiger partial charge in [-0.2, -0.15) is 5.10 Å². The highest BCUT2D eigenvalue weighted by molar-refractivity contribution is 6.00. The van der Waals surface area contributed by atoms with Crippen molar-refractivity contribution in [3.05, 3.63) is 47.2 Å². The highest BCUT2D eigenvalue weighted by Gasteiger charge is 2.12. The van der Waals surface area contributed by atoms with Crippen LogP contribution in [0.4, 0.5) is 0 Å². The van der Waals surface area contributed by atoms with Gasteiger partial charge in [-0.25, -0.2) is 5.43 Å². The minimum atomic E-state index is -0.275. The number of carbonyl (C=O) groups is 2. The van der Waals surface area contributed by atoms with Gasteiger partial charge in [-0.1, -0.05) is 24.5 Å². The molecule has 2 aliphatic rings. The van der Waals surface area contributed by atoms with E-state index in [2.05, 4.69) is 15.8 Å². The average molecular weight is 353 g/mol. The van der Waals surface area contributed by atoms with E-state index >= 15 is 0 Å². The molecule has 2 amide bonds. The Morgan fingerprint density at radius 2 is 1.46 bits per heavy atom. The number of nitrogens with zero attached hydrogens (tertiary/aromatic N) is 1. The fourth-order valence-corrected chi connectivity index (χ4v) is 3.47. The van der Waals surface area contributed by atoms with E-state index in [9.17, 15) is 9.59 Å². The average Bonchev–Trinajstić information content (AvgIpc) is 2.72. The van der Waals surface area contributed by atoms with Gasteiger partial charge in [0.25, 0.3) is 11.8 Å². The molecule has 0 radical (unpaired) electrons. The second-order valence-electron chi connectivity index (χ2n) is 7.10. The molecule has 0 aliphatic heterocycles. The van der Waals surface area contributed by atoms with Crippen LogP contribution in [-0.4, -0.2) is 17.5 Å². The van der Waals surface area contributed by atoms with Crippen molar-refractivity contribution in [1.29, 1.82) is 0 Å². The maximum Gasteiger partial charge on any atom is 0.271 e. The van der Waals surface area contributed by atoms with E-state index in [-0.39, 0.29) is 11.8 Å². The van der Waals surface area contributed by atoms with Gasteiger partial charge in [0.2, 0.25) is 0 Å². The molecule has 2 saturated carbocycles. The zero-order valence-corrected chi connectivity index (χ0v) is 15.2. The summed E-state index contributed by atoms with van der Waals surface area (Å²) in [6.07, 6.45) is 13.0. The molecule has 5 heteroatoms. The van der Waals surface area contributed by atoms with Crippen molar-refractivity contribution >= 4 is 17.5 Å². The standard InChI is InChI=1S/C21H27N3O2/c25-20(22-15-16-8-3-1-4-9-16)17-10-7-11-18(14-17)21(26)24-23-19-12-5-2-6-13-19/h7,10-11,14-15H,1-6,8-9,12-13H2,(H,22,25)(H,24,26). The Kier molecular flexibility index (Phi) is 6.58. The van der Waals surface area contributed by atoms with Gasteiger partial charge < -0.3 is 5.32 Å². The molecule has 1 aromatic carbocycles. The highest BCUT2D eigenvalue weighted by atomic mass is 16.2. The van der Waals surface area contributed by atoms with Gasteiger partial charge in [-0.15, -0.1) is 0 Å². The number of carbonyl (C=O) groups excluding carboxylic acids is 2. The number of rotatable bonds is 4. The number of hydrazone groups is 1. The molecule has 26 heavy (non-hydrogen) atoms. The number of benzene rings is 1. The van der Waals surface area contributed by atoms with Crippen molar-refractivity contribution in [1.82, 2.24) is 10.7 Å². The number of amides is 2. The van der Waals surface area contributed by atoms with Crippen LogP contribution >= 0.6 is 0 Å². The molecule has 0 heterocycles. The Morgan fingerprint density at radius 3 is 2.15 bits per heavy atom. The minimum Gasteiger partial charge on any atom is -0.329 e. The molecule has 0 bridgehead atoms. The number of hydrogen-bond acceptors (Lipinski definition) is 3. The molecular formula is C21H27N3O2. The number of allylic oxidation sites excluding steroid dienone is 1. The molecule has 1 aromatic rings. The summed E-state index contributed by atoms with van der Waals surface area (Å²) in [5.41, 5.74) is 5.90. The Morgan fingerprint density at radius 1 is 0.846 bits per heavy atom. The van der Waals surface area contributed by atoms with Crippen LogP contribution in [0.5, 0.6) is 0 Å². The summed E-state index contributed by atoms with van der Waals surface area (Å²) in [6.45, 7) is 0. The van der Waals surface area contributed by atoms with Crippen LogP contribution in [0, 0.1) is 0 Å². The first-order chi connectivity index (χ1) is 12.7. The van der Waals surface area contributed by atoms with E-state index in [0.717, 1.165) is 44.2 Å². The largest absolute Gasteiger partial charge is 0.329 e. The van der Waals surface area contributed by atoms with Crippen LogP contribution in [0.1, 0.15) is 84.9 Å². The quantitative estimate of drug-likeness (QED) is 0.792. The Balaban J connectivity index is 1.59. The van der Waals surface area contributed by atoms with Crippen LogP contribution in [0.15, 0.2) is 41.1 Å². The molecule has 0 atom stereocenters. The summed E-state index contributed by atoms with van der Waals surface area (Å²) < 4.78 is 0. The summed E-state index contributed by atoms with van der Waals surface area (Å²) in [4.78, 5) is 24.7. The molecule has 2 fully saturated rings. The molecular weight excluding hydrogens is 326 g/mol. The van der Waals surface area contributed by atoms with Crippen LogP contribution in [0.2, 0.25) is 0 Å². The first-order valence-corrected chi connectivity index (χ1v) is 9.67. The highest BCUT2D eigenvalue weighted by Crippen LogP contribution is 2.22. The Bertz CT molecular complexity index is 648. The number of hydrogen-bond donors (Lipinski definition) is 2. The molecule has 2 aliphatic carbocycles. The van der Waals surface area contributed by atoms with Crippen molar-refractivity contribution in [2.75, 3.05) is 0 Å². The zero-order chi connectivity index (χ0) is 18.2. The summed E-state index contributed by atoms with van der Waals surface area (Å²) in [7, 11) is 0. The molecule has 138 valence electrons. The summed E-state index contributed by atoms with van der Waals surface area (Å²) in [6, 6.07) is 6.77. The second-order valence-corrected chi connectivity index (χ2v) is 7.10. The van der Waals surface area contributed by atoms with Gasteiger partial charge in [-0.05, 0) is 69.6 Å². The Labute approximate surface area is 154 Å². The first-order valence-electron chi connectivity index (χ1n) is 9.67. The van der Waals surface area contributed by atoms with Crippen molar-refractivity contribution in [3.63, 3.8) is 0 Å². The molecule has 0 spiro atoms. The Hall–Kier alpha value is -2.43. The lowest BCUT2D eigenvalue weighted by atomic mass is 9.96.